The van der Waals surface area contributed by atoms with Gasteiger partial charge in [0.15, 0.2) is 0 Å². The second-order valence-corrected chi connectivity index (χ2v) is 9.14. The van der Waals surface area contributed by atoms with E-state index in [-0.39, 0.29) is 0 Å². The summed E-state index contributed by atoms with van der Waals surface area (Å²) in [5.74, 6) is 0.597. The Labute approximate surface area is 191 Å². The van der Waals surface area contributed by atoms with E-state index in [0.29, 0.717) is 11.8 Å². The van der Waals surface area contributed by atoms with E-state index in [1.165, 1.54) is 44.5 Å². The molecule has 0 saturated carbocycles. The molecule has 0 heteroatoms. The molecule has 0 saturated heterocycles. The van der Waals surface area contributed by atoms with E-state index >= 15 is 0 Å². The monoisotopic (exact) mass is 412 g/mol. The predicted octanol–water partition coefficient (Wildman–Crippen LogP) is 7.40. The van der Waals surface area contributed by atoms with Crippen molar-refractivity contribution in [2.75, 3.05) is 0 Å². The Kier molecular flexibility index (Phi) is 5.00. The highest BCUT2D eigenvalue weighted by Gasteiger charge is 2.24. The molecule has 156 valence electrons. The maximum absolute atomic E-state index is 2.49. The smallest absolute Gasteiger partial charge is 0.0275 e. The minimum Gasteiger partial charge on any atom is -0.0757 e. The number of benzene rings is 4. The van der Waals surface area contributed by atoms with Crippen molar-refractivity contribution in [3.05, 3.63) is 154 Å². The van der Waals surface area contributed by atoms with Crippen LogP contribution in [0.1, 0.15) is 56.3 Å². The lowest BCUT2D eigenvalue weighted by atomic mass is 9.83. The Bertz CT molecular complexity index is 1100. The van der Waals surface area contributed by atoms with Crippen molar-refractivity contribution in [2.24, 2.45) is 0 Å². The molecule has 2 aliphatic rings. The summed E-state index contributed by atoms with van der Waals surface area (Å²) in [6.07, 6.45) is 9.46. The van der Waals surface area contributed by atoms with E-state index in [0.717, 1.165) is 25.7 Å². The van der Waals surface area contributed by atoms with Crippen molar-refractivity contribution in [3.63, 3.8) is 0 Å². The lowest BCUT2D eigenvalue weighted by molar-refractivity contribution is 0.960. The van der Waals surface area contributed by atoms with Crippen LogP contribution in [0.4, 0.5) is 0 Å². The van der Waals surface area contributed by atoms with Crippen LogP contribution in [0.15, 0.2) is 109 Å². The largest absolute Gasteiger partial charge is 0.0757 e. The molecular weight excluding hydrogens is 384 g/mol. The van der Waals surface area contributed by atoms with Gasteiger partial charge in [-0.3, -0.25) is 0 Å². The summed E-state index contributed by atoms with van der Waals surface area (Å²) in [7, 11) is 0. The van der Waals surface area contributed by atoms with Gasteiger partial charge in [-0.1, -0.05) is 109 Å². The van der Waals surface area contributed by atoms with Gasteiger partial charge in [-0.05, 0) is 70.2 Å². The normalized spacial score (nSPS) is 15.9. The van der Waals surface area contributed by atoms with E-state index in [1.54, 1.807) is 0 Å². The van der Waals surface area contributed by atoms with Crippen LogP contribution in [-0.2, 0) is 25.7 Å². The first-order valence-corrected chi connectivity index (χ1v) is 11.9. The molecule has 0 unspecified atom stereocenters. The van der Waals surface area contributed by atoms with Gasteiger partial charge in [-0.25, -0.2) is 0 Å². The number of rotatable bonds is 2. The van der Waals surface area contributed by atoms with Gasteiger partial charge in [-0.2, -0.15) is 0 Å². The van der Waals surface area contributed by atoms with E-state index < -0.39 is 0 Å². The first-order chi connectivity index (χ1) is 15.9. The summed E-state index contributed by atoms with van der Waals surface area (Å²) < 4.78 is 0. The highest BCUT2D eigenvalue weighted by atomic mass is 14.3. The van der Waals surface area contributed by atoms with Gasteiger partial charge in [0.25, 0.3) is 0 Å². The van der Waals surface area contributed by atoms with Crippen molar-refractivity contribution in [2.45, 2.75) is 37.5 Å². The Morgan fingerprint density at radius 2 is 0.625 bits per heavy atom. The third-order valence-electron chi connectivity index (χ3n) is 7.38. The molecule has 32 heavy (non-hydrogen) atoms. The van der Waals surface area contributed by atoms with Gasteiger partial charge in [0.1, 0.15) is 0 Å². The molecule has 0 spiro atoms. The molecule has 6 rings (SSSR count). The summed E-state index contributed by atoms with van der Waals surface area (Å²) in [6.45, 7) is 0. The van der Waals surface area contributed by atoms with Crippen molar-refractivity contribution in [1.82, 2.24) is 0 Å². The van der Waals surface area contributed by atoms with Crippen molar-refractivity contribution >= 4 is 0 Å². The number of hydrogen-bond donors (Lipinski definition) is 0. The average molecular weight is 413 g/mol. The van der Waals surface area contributed by atoms with Crippen molar-refractivity contribution in [1.29, 1.82) is 0 Å². The molecule has 0 radical (unpaired) electrons. The van der Waals surface area contributed by atoms with Gasteiger partial charge in [-0.15, -0.1) is 0 Å². The molecule has 2 aliphatic carbocycles. The molecule has 0 fully saturated rings. The summed E-state index contributed by atoms with van der Waals surface area (Å²) in [6, 6.07) is 36.2. The Morgan fingerprint density at radius 1 is 0.375 bits per heavy atom. The molecule has 4 aromatic rings. The Balaban J connectivity index is 1.50. The first-order valence-electron chi connectivity index (χ1n) is 11.9. The molecule has 0 bridgehead atoms. The zero-order valence-electron chi connectivity index (χ0n) is 18.4. The van der Waals surface area contributed by atoms with Crippen molar-refractivity contribution < 1.29 is 0 Å². The quantitative estimate of drug-likeness (QED) is 0.301. The fourth-order valence-corrected chi connectivity index (χ4v) is 5.77. The molecular formula is C32H28. The van der Waals surface area contributed by atoms with Gasteiger partial charge in [0.2, 0.25) is 0 Å². The second kappa shape index (κ2) is 8.28. The van der Waals surface area contributed by atoms with E-state index in [2.05, 4.69) is 109 Å². The molecule has 0 amide bonds. The number of aryl methyl sites for hydroxylation is 4. The second-order valence-electron chi connectivity index (χ2n) is 9.14. The Morgan fingerprint density at radius 3 is 0.906 bits per heavy atom. The summed E-state index contributed by atoms with van der Waals surface area (Å²) in [5, 5.41) is 0. The fraction of sp³-hybridized carbons (Fsp3) is 0.188. The van der Waals surface area contributed by atoms with Gasteiger partial charge in [0.05, 0.1) is 0 Å². The maximum atomic E-state index is 2.49. The predicted molar refractivity (Wildman–Crippen MR) is 133 cm³/mol. The van der Waals surface area contributed by atoms with Crippen LogP contribution in [0.2, 0.25) is 0 Å². The van der Waals surface area contributed by atoms with Crippen LogP contribution >= 0.6 is 0 Å². The third-order valence-corrected chi connectivity index (χ3v) is 7.38. The fourth-order valence-electron chi connectivity index (χ4n) is 5.77. The van der Waals surface area contributed by atoms with Crippen LogP contribution in [0.5, 0.6) is 0 Å². The summed E-state index contributed by atoms with van der Waals surface area (Å²) >= 11 is 0. The highest BCUT2D eigenvalue weighted by molar-refractivity contribution is 5.51. The topological polar surface area (TPSA) is 0 Å². The number of fused-ring (bicyclic) bond motifs is 4. The summed E-state index contributed by atoms with van der Waals surface area (Å²) in [5.41, 5.74) is 11.8. The Hall–Kier alpha value is -3.38. The van der Waals surface area contributed by atoms with Gasteiger partial charge >= 0.3 is 0 Å². The lowest BCUT2D eigenvalue weighted by Crippen LogP contribution is -2.04. The molecule has 4 aromatic carbocycles. The van der Waals surface area contributed by atoms with Crippen LogP contribution < -0.4 is 0 Å². The standard InChI is InChI=1S/C32H28/c1-5-13-27-23(9-1)17-18-24-10-2-6-14-28(24)31(27)21-22-32-29-15-7-3-11-25(29)19-20-26-12-4-8-16-30(26)32/h1-16,21-22,31-32H,17-20H2/b22-21-. The molecule has 0 atom stereocenters. The number of allylic oxidation sites excluding steroid dienone is 2. The third kappa shape index (κ3) is 3.41. The molecule has 0 aliphatic heterocycles. The SMILES string of the molecule is C(=C/C1c2ccccc2CCc2ccccc21)/C1c2ccccc2CCc2ccccc21. The van der Waals surface area contributed by atoms with Gasteiger partial charge < -0.3 is 0 Å². The van der Waals surface area contributed by atoms with Gasteiger partial charge in [0, 0.05) is 11.8 Å². The zero-order chi connectivity index (χ0) is 21.3. The molecule has 0 aromatic heterocycles. The van der Waals surface area contributed by atoms with E-state index in [4.69, 9.17) is 0 Å². The van der Waals surface area contributed by atoms with Crippen LogP contribution in [0.25, 0.3) is 0 Å². The van der Waals surface area contributed by atoms with Crippen molar-refractivity contribution in [3.8, 4) is 0 Å². The van der Waals surface area contributed by atoms with Crippen LogP contribution in [-0.4, -0.2) is 0 Å². The lowest BCUT2D eigenvalue weighted by Gasteiger charge is -2.20. The molecule has 0 nitrogen and oxygen atoms in total. The maximum Gasteiger partial charge on any atom is 0.0275 e. The zero-order valence-corrected chi connectivity index (χ0v) is 18.4. The number of hydrogen-bond acceptors (Lipinski definition) is 0. The first kappa shape index (κ1) is 19.3. The van der Waals surface area contributed by atoms with E-state index in [1.807, 2.05) is 0 Å². The summed E-state index contributed by atoms with van der Waals surface area (Å²) in [4.78, 5) is 0. The molecule has 0 N–H and O–H groups in total. The molecule has 0 heterocycles. The minimum absolute atomic E-state index is 0.299. The minimum atomic E-state index is 0.299. The van der Waals surface area contributed by atoms with Crippen LogP contribution in [0, 0.1) is 0 Å². The average Bonchev–Trinajstić information content (AvgIpc) is 3.11. The van der Waals surface area contributed by atoms with Crippen LogP contribution in [0.3, 0.4) is 0 Å². The van der Waals surface area contributed by atoms with E-state index in [9.17, 15) is 0 Å². The highest BCUT2D eigenvalue weighted by Crippen LogP contribution is 2.39.